The minimum atomic E-state index is -0.850. The number of ether oxygens (including phenoxy) is 2. The second-order valence-corrected chi connectivity index (χ2v) is 10.3. The third-order valence-corrected chi connectivity index (χ3v) is 7.10. The fraction of sp³-hybridized carbons (Fsp3) is 0.182. The highest BCUT2D eigenvalue weighted by Crippen LogP contribution is 2.29. The van der Waals surface area contributed by atoms with Crippen molar-refractivity contribution >= 4 is 35.2 Å². The monoisotopic (exact) mass is 625 g/mol. The Hall–Kier alpha value is -5.98. The van der Waals surface area contributed by atoms with E-state index in [9.17, 15) is 18.8 Å². The van der Waals surface area contributed by atoms with Gasteiger partial charge in [-0.15, -0.1) is 5.10 Å². The largest absolute Gasteiger partial charge is 0.495 e. The number of pyridine rings is 1. The topological polar surface area (TPSA) is 153 Å². The number of fused-ring (bicyclic) bond motifs is 1. The number of halogens is 1. The van der Waals surface area contributed by atoms with Crippen LogP contribution in [-0.4, -0.2) is 64.7 Å². The van der Waals surface area contributed by atoms with Crippen molar-refractivity contribution in [3.63, 3.8) is 0 Å². The van der Waals surface area contributed by atoms with Crippen LogP contribution in [0.2, 0.25) is 0 Å². The van der Waals surface area contributed by atoms with E-state index in [0.29, 0.717) is 53.7 Å². The summed E-state index contributed by atoms with van der Waals surface area (Å²) in [4.78, 5) is 42.2. The smallest absolute Gasteiger partial charge is 0.404 e. The van der Waals surface area contributed by atoms with Gasteiger partial charge in [0.1, 0.15) is 11.6 Å². The van der Waals surface area contributed by atoms with Crippen LogP contribution in [0.25, 0.3) is 16.8 Å². The Bertz CT molecular complexity index is 1860. The summed E-state index contributed by atoms with van der Waals surface area (Å²) in [5.74, 6) is -0.0196. The third-order valence-electron chi connectivity index (χ3n) is 7.10. The van der Waals surface area contributed by atoms with E-state index in [-0.39, 0.29) is 24.2 Å². The SMILES string of the molecule is COc1cc(C(=O)N(C)CCCOC(N)=O)ccc1Nc1nc2ccc(-c3ccc(C(=O)NCc4ccc(F)cc4)cc3)cn2n1. The molecule has 0 fully saturated rings. The number of methoxy groups -OCH3 is 1. The highest BCUT2D eigenvalue weighted by molar-refractivity contribution is 5.95. The molecule has 0 aliphatic heterocycles. The third kappa shape index (κ3) is 7.75. The van der Waals surface area contributed by atoms with Gasteiger partial charge in [0.05, 0.1) is 19.4 Å². The van der Waals surface area contributed by atoms with Gasteiger partial charge in [-0.1, -0.05) is 24.3 Å². The molecule has 0 spiro atoms. The maximum Gasteiger partial charge on any atom is 0.404 e. The molecule has 2 aromatic heterocycles. The summed E-state index contributed by atoms with van der Waals surface area (Å²) in [6, 6.07) is 21.9. The molecule has 3 amide bonds. The summed E-state index contributed by atoms with van der Waals surface area (Å²) in [7, 11) is 3.16. The first kappa shape index (κ1) is 31.4. The lowest BCUT2D eigenvalue weighted by molar-refractivity contribution is 0.0782. The van der Waals surface area contributed by atoms with Crippen molar-refractivity contribution in [1.82, 2.24) is 24.8 Å². The highest BCUT2D eigenvalue weighted by atomic mass is 19.1. The van der Waals surface area contributed by atoms with E-state index in [1.54, 1.807) is 54.0 Å². The van der Waals surface area contributed by atoms with Crippen molar-refractivity contribution in [1.29, 1.82) is 0 Å². The molecular weight excluding hydrogens is 593 g/mol. The molecule has 0 aliphatic carbocycles. The lowest BCUT2D eigenvalue weighted by Crippen LogP contribution is -2.29. The Morgan fingerprint density at radius 2 is 1.67 bits per heavy atom. The van der Waals surface area contributed by atoms with Crippen molar-refractivity contribution < 1.29 is 28.2 Å². The van der Waals surface area contributed by atoms with Gasteiger partial charge in [0.2, 0.25) is 5.95 Å². The van der Waals surface area contributed by atoms with E-state index in [2.05, 4.69) is 20.7 Å². The molecule has 0 atom stereocenters. The van der Waals surface area contributed by atoms with Crippen LogP contribution in [-0.2, 0) is 11.3 Å². The summed E-state index contributed by atoms with van der Waals surface area (Å²) < 4.78 is 25.0. The summed E-state index contributed by atoms with van der Waals surface area (Å²) in [5, 5.41) is 10.5. The molecule has 13 heteroatoms. The Morgan fingerprint density at radius 1 is 0.957 bits per heavy atom. The van der Waals surface area contributed by atoms with Crippen LogP contribution in [0.3, 0.4) is 0 Å². The number of nitrogens with zero attached hydrogens (tertiary/aromatic N) is 4. The number of benzene rings is 3. The number of hydrogen-bond donors (Lipinski definition) is 3. The van der Waals surface area contributed by atoms with Gasteiger partial charge in [-0.3, -0.25) is 9.59 Å². The highest BCUT2D eigenvalue weighted by Gasteiger charge is 2.16. The number of aromatic nitrogens is 3. The fourth-order valence-corrected chi connectivity index (χ4v) is 4.65. The first-order chi connectivity index (χ1) is 22.2. The molecule has 236 valence electrons. The van der Waals surface area contributed by atoms with Gasteiger partial charge < -0.3 is 30.7 Å². The van der Waals surface area contributed by atoms with Crippen LogP contribution < -0.4 is 21.1 Å². The van der Waals surface area contributed by atoms with Crippen LogP contribution in [0.1, 0.15) is 32.7 Å². The second-order valence-electron chi connectivity index (χ2n) is 10.3. The van der Waals surface area contributed by atoms with E-state index >= 15 is 0 Å². The molecule has 0 saturated heterocycles. The average Bonchev–Trinajstić information content (AvgIpc) is 3.47. The second kappa shape index (κ2) is 14.2. The van der Waals surface area contributed by atoms with E-state index in [0.717, 1.165) is 16.7 Å². The van der Waals surface area contributed by atoms with Crippen molar-refractivity contribution in [3.8, 4) is 16.9 Å². The van der Waals surface area contributed by atoms with Gasteiger partial charge in [-0.05, 0) is 72.1 Å². The molecule has 2 heterocycles. The summed E-state index contributed by atoms with van der Waals surface area (Å²) in [6.07, 6.45) is 1.43. The molecule has 0 aliphatic rings. The van der Waals surface area contributed by atoms with E-state index in [1.165, 1.54) is 24.1 Å². The van der Waals surface area contributed by atoms with Crippen LogP contribution in [0.15, 0.2) is 85.1 Å². The predicted molar refractivity (Wildman–Crippen MR) is 169 cm³/mol. The van der Waals surface area contributed by atoms with Crippen molar-refractivity contribution in [2.75, 3.05) is 32.6 Å². The lowest BCUT2D eigenvalue weighted by atomic mass is 10.1. The van der Waals surface area contributed by atoms with Crippen molar-refractivity contribution in [2.24, 2.45) is 5.73 Å². The van der Waals surface area contributed by atoms with Gasteiger partial charge in [-0.25, -0.2) is 13.7 Å². The number of carbonyl (C=O) groups is 3. The molecule has 3 aromatic carbocycles. The number of anilines is 2. The molecule has 5 aromatic rings. The standard InChI is InChI=1S/C33H32FN7O5/c1-40(16-3-17-46-32(35)44)31(43)24-10-14-27(28(18-24)45-2)37-33-38-29-15-11-25(20-41(29)39-33)22-6-8-23(9-7-22)30(42)36-19-21-4-12-26(34)13-5-21/h4-15,18,20H,3,16-17,19H2,1-2H3,(H2,35,44)(H,36,42)(H,37,39). The molecular formula is C33H32FN7O5. The van der Waals surface area contributed by atoms with Gasteiger partial charge in [0.15, 0.2) is 5.65 Å². The predicted octanol–water partition coefficient (Wildman–Crippen LogP) is 4.78. The minimum absolute atomic E-state index is 0.124. The Labute approximate surface area is 263 Å². The van der Waals surface area contributed by atoms with Crippen LogP contribution in [0, 0.1) is 5.82 Å². The fourth-order valence-electron chi connectivity index (χ4n) is 4.65. The Morgan fingerprint density at radius 3 is 2.39 bits per heavy atom. The van der Waals surface area contributed by atoms with Gasteiger partial charge in [0.25, 0.3) is 11.8 Å². The zero-order valence-corrected chi connectivity index (χ0v) is 25.2. The molecule has 12 nitrogen and oxygen atoms in total. The summed E-state index contributed by atoms with van der Waals surface area (Å²) in [6.45, 7) is 0.793. The number of rotatable bonds is 12. The number of nitrogens with one attached hydrogen (secondary N) is 2. The number of carbonyl (C=O) groups excluding carboxylic acids is 3. The van der Waals surface area contributed by atoms with E-state index < -0.39 is 6.09 Å². The molecule has 46 heavy (non-hydrogen) atoms. The quantitative estimate of drug-likeness (QED) is 0.168. The molecule has 5 rings (SSSR count). The molecule has 0 saturated carbocycles. The van der Waals surface area contributed by atoms with Crippen molar-refractivity contribution in [2.45, 2.75) is 13.0 Å². The zero-order valence-electron chi connectivity index (χ0n) is 25.2. The maximum absolute atomic E-state index is 13.1. The van der Waals surface area contributed by atoms with Crippen molar-refractivity contribution in [3.05, 3.63) is 108 Å². The zero-order chi connectivity index (χ0) is 32.6. The Balaban J connectivity index is 1.23. The van der Waals surface area contributed by atoms with Crippen LogP contribution >= 0.6 is 0 Å². The van der Waals surface area contributed by atoms with Crippen LogP contribution in [0.4, 0.5) is 20.8 Å². The van der Waals surface area contributed by atoms with Gasteiger partial charge in [0, 0.05) is 43.0 Å². The van der Waals surface area contributed by atoms with E-state index in [4.69, 9.17) is 15.2 Å². The number of hydrogen-bond acceptors (Lipinski definition) is 8. The molecule has 0 bridgehead atoms. The number of primary amides is 1. The number of nitrogens with two attached hydrogens (primary N) is 1. The maximum atomic E-state index is 13.1. The first-order valence-electron chi connectivity index (χ1n) is 14.3. The van der Waals surface area contributed by atoms with Gasteiger partial charge in [-0.2, -0.15) is 4.98 Å². The summed E-state index contributed by atoms with van der Waals surface area (Å²) >= 11 is 0. The van der Waals surface area contributed by atoms with E-state index in [1.807, 2.05) is 30.5 Å². The normalized spacial score (nSPS) is 10.8. The lowest BCUT2D eigenvalue weighted by Gasteiger charge is -2.18. The Kier molecular flexibility index (Phi) is 9.71. The average molecular weight is 626 g/mol. The van der Waals surface area contributed by atoms with Gasteiger partial charge >= 0.3 is 6.09 Å². The molecule has 0 unspecified atom stereocenters. The summed E-state index contributed by atoms with van der Waals surface area (Å²) in [5.41, 5.74) is 9.62. The van der Waals surface area contributed by atoms with Crippen LogP contribution in [0.5, 0.6) is 5.75 Å². The number of amides is 3. The molecule has 4 N–H and O–H groups in total. The first-order valence-corrected chi connectivity index (χ1v) is 14.3. The minimum Gasteiger partial charge on any atom is -0.495 e. The molecule has 0 radical (unpaired) electrons.